The van der Waals surface area contributed by atoms with Gasteiger partial charge in [-0.3, -0.25) is 14.7 Å². The number of amides is 2. The molecule has 2 N–H and O–H groups in total. The zero-order valence-corrected chi connectivity index (χ0v) is 15.6. The van der Waals surface area contributed by atoms with E-state index in [1.807, 2.05) is 26.0 Å². The zero-order valence-electron chi connectivity index (χ0n) is 15.6. The lowest BCUT2D eigenvalue weighted by molar-refractivity contribution is -0.131. The Bertz CT molecular complexity index is 858. The Balaban J connectivity index is 1.50. The van der Waals surface area contributed by atoms with Gasteiger partial charge >= 0.3 is 0 Å². The molecule has 27 heavy (non-hydrogen) atoms. The Labute approximate surface area is 157 Å². The predicted octanol–water partition coefficient (Wildman–Crippen LogP) is 1.59. The molecule has 0 aromatic carbocycles. The van der Waals surface area contributed by atoms with Crippen molar-refractivity contribution in [3.05, 3.63) is 29.7 Å². The molecule has 0 unspecified atom stereocenters. The molecule has 144 valence electrons. The van der Waals surface area contributed by atoms with Crippen molar-refractivity contribution < 1.29 is 18.7 Å². The van der Waals surface area contributed by atoms with Gasteiger partial charge in [-0.1, -0.05) is 6.92 Å². The van der Waals surface area contributed by atoms with E-state index in [0.717, 1.165) is 12.2 Å². The number of carbonyl (C=O) groups is 2. The van der Waals surface area contributed by atoms with Gasteiger partial charge in [0.25, 0.3) is 5.91 Å². The minimum Gasteiger partial charge on any atom is -0.460 e. The van der Waals surface area contributed by atoms with Gasteiger partial charge in [-0.2, -0.15) is 5.10 Å². The molecule has 8 nitrogen and oxygen atoms in total. The first-order valence-electron chi connectivity index (χ1n) is 9.31. The molecular weight excluding hydrogens is 348 g/mol. The van der Waals surface area contributed by atoms with Crippen LogP contribution in [0.25, 0.3) is 11.5 Å². The minimum absolute atomic E-state index is 0.0177. The maximum Gasteiger partial charge on any atom is 0.274 e. The molecule has 0 radical (unpaired) electrons. The van der Waals surface area contributed by atoms with Crippen LogP contribution in [0.4, 0.5) is 0 Å². The van der Waals surface area contributed by atoms with Gasteiger partial charge in [-0.15, -0.1) is 0 Å². The molecule has 2 aromatic rings. The van der Waals surface area contributed by atoms with Crippen molar-refractivity contribution in [1.29, 1.82) is 0 Å². The van der Waals surface area contributed by atoms with Crippen LogP contribution >= 0.6 is 0 Å². The van der Waals surface area contributed by atoms with E-state index in [9.17, 15) is 9.59 Å². The molecule has 0 spiro atoms. The number of furan rings is 1. The molecule has 0 saturated carbocycles. The third-order valence-corrected chi connectivity index (χ3v) is 5.45. The summed E-state index contributed by atoms with van der Waals surface area (Å²) in [5, 5.41) is 9.98. The number of hydrogen-bond acceptors (Lipinski definition) is 5. The average molecular weight is 372 g/mol. The molecule has 2 aliphatic heterocycles. The molecule has 4 rings (SSSR count). The first-order chi connectivity index (χ1) is 13.0. The largest absolute Gasteiger partial charge is 0.460 e. The first kappa shape index (κ1) is 17.8. The Kier molecular flexibility index (Phi) is 4.51. The van der Waals surface area contributed by atoms with E-state index in [0.29, 0.717) is 50.0 Å². The molecule has 2 fully saturated rings. The Hall–Kier alpha value is -2.61. The van der Waals surface area contributed by atoms with Crippen molar-refractivity contribution in [2.45, 2.75) is 20.3 Å². The van der Waals surface area contributed by atoms with Crippen molar-refractivity contribution in [2.75, 3.05) is 32.8 Å². The van der Waals surface area contributed by atoms with Crippen LogP contribution in [-0.4, -0.2) is 59.8 Å². The van der Waals surface area contributed by atoms with Gasteiger partial charge in [0.2, 0.25) is 5.91 Å². The number of aryl methyl sites for hydroxylation is 1. The molecular formula is C19H24N4O4. The standard InChI is InChI=1S/C19H24N4O4/c1-3-6-20-18(25)19-10-23(8-13(19)9-26-11-19)17(24)15-7-14(21-22-15)16-5-4-12(2)27-16/h4-5,7,13H,3,6,8-11H2,1-2H3,(H,20,25)(H,21,22)/t13-,19-/m0/s1. The summed E-state index contributed by atoms with van der Waals surface area (Å²) in [6, 6.07) is 5.38. The van der Waals surface area contributed by atoms with Gasteiger partial charge in [-0.05, 0) is 25.5 Å². The lowest BCUT2D eigenvalue weighted by Crippen LogP contribution is -2.47. The molecule has 2 aromatic heterocycles. The average Bonchev–Trinajstić information content (AvgIpc) is 3.40. The third-order valence-electron chi connectivity index (χ3n) is 5.45. The highest BCUT2D eigenvalue weighted by molar-refractivity contribution is 5.95. The molecule has 2 aliphatic rings. The highest BCUT2D eigenvalue weighted by Gasteiger charge is 2.56. The number of fused-ring (bicyclic) bond motifs is 1. The van der Waals surface area contributed by atoms with Gasteiger partial charge in [0.15, 0.2) is 11.5 Å². The number of ether oxygens (including phenoxy) is 1. The van der Waals surface area contributed by atoms with Crippen LogP contribution in [-0.2, 0) is 9.53 Å². The molecule has 2 saturated heterocycles. The van der Waals surface area contributed by atoms with E-state index < -0.39 is 5.41 Å². The fraction of sp³-hybridized carbons (Fsp3) is 0.526. The summed E-state index contributed by atoms with van der Waals surface area (Å²) < 4.78 is 11.1. The van der Waals surface area contributed by atoms with Crippen molar-refractivity contribution >= 4 is 11.8 Å². The number of nitrogens with one attached hydrogen (secondary N) is 2. The number of aromatic nitrogens is 2. The van der Waals surface area contributed by atoms with Crippen molar-refractivity contribution in [3.8, 4) is 11.5 Å². The molecule has 0 bridgehead atoms. The van der Waals surface area contributed by atoms with Crippen molar-refractivity contribution in [1.82, 2.24) is 20.4 Å². The number of rotatable bonds is 5. The van der Waals surface area contributed by atoms with Gasteiger partial charge in [0, 0.05) is 31.6 Å². The second-order valence-corrected chi connectivity index (χ2v) is 7.39. The molecule has 2 atom stereocenters. The van der Waals surface area contributed by atoms with Gasteiger partial charge in [0.05, 0.1) is 18.6 Å². The van der Waals surface area contributed by atoms with Crippen LogP contribution in [0.1, 0.15) is 29.6 Å². The zero-order chi connectivity index (χ0) is 19.0. The van der Waals surface area contributed by atoms with Crippen molar-refractivity contribution in [3.63, 3.8) is 0 Å². The minimum atomic E-state index is -0.651. The van der Waals surface area contributed by atoms with Crippen LogP contribution in [0.3, 0.4) is 0 Å². The van der Waals surface area contributed by atoms with Crippen LogP contribution in [0.5, 0.6) is 0 Å². The van der Waals surface area contributed by atoms with E-state index in [1.54, 1.807) is 11.0 Å². The SMILES string of the molecule is CCCNC(=O)[C@@]12COC[C@@H]1CN(C(=O)c1cc(-c3ccc(C)o3)[nH]n1)C2. The normalized spacial score (nSPS) is 24.2. The number of likely N-dealkylation sites (tertiary alicyclic amines) is 1. The molecule has 0 aliphatic carbocycles. The van der Waals surface area contributed by atoms with E-state index in [4.69, 9.17) is 9.15 Å². The first-order valence-corrected chi connectivity index (χ1v) is 9.31. The van der Waals surface area contributed by atoms with Crippen LogP contribution in [0.2, 0.25) is 0 Å². The Morgan fingerprint density at radius 2 is 2.30 bits per heavy atom. The summed E-state index contributed by atoms with van der Waals surface area (Å²) in [6.45, 7) is 6.22. The van der Waals surface area contributed by atoms with Crippen LogP contribution in [0.15, 0.2) is 22.6 Å². The van der Waals surface area contributed by atoms with Gasteiger partial charge in [0.1, 0.15) is 11.5 Å². The molecule has 8 heteroatoms. The molecule has 2 amide bonds. The predicted molar refractivity (Wildman–Crippen MR) is 97.0 cm³/mol. The summed E-state index contributed by atoms with van der Waals surface area (Å²) in [5.74, 6) is 1.25. The van der Waals surface area contributed by atoms with Crippen LogP contribution in [0, 0.1) is 18.3 Å². The topological polar surface area (TPSA) is 100 Å². The quantitative estimate of drug-likeness (QED) is 0.830. The number of H-pyrrole nitrogens is 1. The smallest absolute Gasteiger partial charge is 0.274 e. The maximum atomic E-state index is 12.9. The maximum absolute atomic E-state index is 12.9. The third kappa shape index (κ3) is 3.03. The fourth-order valence-corrected chi connectivity index (χ4v) is 3.92. The monoisotopic (exact) mass is 372 g/mol. The van der Waals surface area contributed by atoms with Crippen molar-refractivity contribution in [2.24, 2.45) is 11.3 Å². The summed E-state index contributed by atoms with van der Waals surface area (Å²) in [5.41, 5.74) is 0.330. The fourth-order valence-electron chi connectivity index (χ4n) is 3.92. The van der Waals surface area contributed by atoms with E-state index in [2.05, 4.69) is 15.5 Å². The highest BCUT2D eigenvalue weighted by Crippen LogP contribution is 2.42. The number of nitrogens with zero attached hydrogens (tertiary/aromatic N) is 2. The number of aromatic amines is 1. The lowest BCUT2D eigenvalue weighted by Gasteiger charge is -2.25. The summed E-state index contributed by atoms with van der Waals surface area (Å²) in [6.07, 6.45) is 0.873. The van der Waals surface area contributed by atoms with Gasteiger partial charge in [-0.25, -0.2) is 0 Å². The summed E-state index contributed by atoms with van der Waals surface area (Å²) in [7, 11) is 0. The lowest BCUT2D eigenvalue weighted by atomic mass is 9.80. The van der Waals surface area contributed by atoms with E-state index in [-0.39, 0.29) is 17.7 Å². The van der Waals surface area contributed by atoms with Gasteiger partial charge < -0.3 is 19.4 Å². The number of carbonyl (C=O) groups excluding carboxylic acids is 2. The Morgan fingerprint density at radius 1 is 1.44 bits per heavy atom. The second-order valence-electron chi connectivity index (χ2n) is 7.39. The summed E-state index contributed by atoms with van der Waals surface area (Å²) in [4.78, 5) is 27.4. The van der Waals surface area contributed by atoms with E-state index >= 15 is 0 Å². The highest BCUT2D eigenvalue weighted by atomic mass is 16.5. The van der Waals surface area contributed by atoms with E-state index in [1.165, 1.54) is 0 Å². The Morgan fingerprint density at radius 3 is 3.04 bits per heavy atom. The summed E-state index contributed by atoms with van der Waals surface area (Å²) >= 11 is 0. The molecule has 4 heterocycles. The van der Waals surface area contributed by atoms with Crippen LogP contribution < -0.4 is 5.32 Å². The number of hydrogen-bond donors (Lipinski definition) is 2. The second kappa shape index (κ2) is 6.84.